The van der Waals surface area contributed by atoms with Crippen LogP contribution in [0, 0.1) is 5.92 Å². The molecule has 0 aromatic rings. The molecular weight excluding hydrogens is 332 g/mol. The van der Waals surface area contributed by atoms with Crippen molar-refractivity contribution in [2.45, 2.75) is 108 Å². The summed E-state index contributed by atoms with van der Waals surface area (Å²) in [5.41, 5.74) is -0.977. The number of carbonyl (C=O) groups is 1. The molecule has 0 spiro atoms. The maximum atomic E-state index is 12.2. The van der Waals surface area contributed by atoms with E-state index >= 15 is 0 Å². The Hall–Kier alpha value is -0.650. The van der Waals surface area contributed by atoms with Gasteiger partial charge in [-0.3, -0.25) is 4.79 Å². The van der Waals surface area contributed by atoms with Crippen LogP contribution >= 0.6 is 0 Å². The maximum absolute atomic E-state index is 12.2. The number of unbranched alkanes of at least 4 members (excludes halogenated alkanes) is 5. The Balaban J connectivity index is 1.27. The van der Waals surface area contributed by atoms with Crippen molar-refractivity contribution < 1.29 is 24.1 Å². The zero-order valence-corrected chi connectivity index (χ0v) is 16.5. The van der Waals surface area contributed by atoms with Crippen LogP contribution in [-0.2, 0) is 19.0 Å². The van der Waals surface area contributed by atoms with Crippen molar-refractivity contribution in [3.05, 3.63) is 0 Å². The highest BCUT2D eigenvalue weighted by Gasteiger charge is 2.52. The number of hydrogen-bond donors (Lipinski definition) is 1. The molecule has 2 aliphatic heterocycles. The number of hydrogen-bond acceptors (Lipinski definition) is 5. The molecule has 2 heterocycles. The van der Waals surface area contributed by atoms with E-state index in [-0.39, 0.29) is 11.6 Å². The maximum Gasteiger partial charge on any atom is 0.306 e. The molecule has 1 N–H and O–H groups in total. The van der Waals surface area contributed by atoms with Gasteiger partial charge < -0.3 is 19.3 Å². The van der Waals surface area contributed by atoms with Crippen molar-refractivity contribution in [3.63, 3.8) is 0 Å². The smallest absolute Gasteiger partial charge is 0.306 e. The van der Waals surface area contributed by atoms with Crippen LogP contribution in [0.5, 0.6) is 0 Å². The van der Waals surface area contributed by atoms with Gasteiger partial charge in [-0.1, -0.05) is 32.1 Å². The van der Waals surface area contributed by atoms with Crippen LogP contribution in [-0.4, -0.2) is 47.7 Å². The largest absolute Gasteiger partial charge is 0.459 e. The fourth-order valence-electron chi connectivity index (χ4n) is 4.14. The van der Waals surface area contributed by atoms with Crippen LogP contribution in [0.15, 0.2) is 0 Å². The van der Waals surface area contributed by atoms with Crippen molar-refractivity contribution in [1.82, 2.24) is 0 Å². The lowest BCUT2D eigenvalue weighted by atomic mass is 9.73. The van der Waals surface area contributed by atoms with Gasteiger partial charge in [0.1, 0.15) is 6.10 Å². The predicted molar refractivity (Wildman–Crippen MR) is 98.9 cm³/mol. The highest BCUT2D eigenvalue weighted by Crippen LogP contribution is 2.46. The molecule has 5 heteroatoms. The first-order valence-electron chi connectivity index (χ1n) is 10.6. The van der Waals surface area contributed by atoms with Gasteiger partial charge in [0.2, 0.25) is 0 Å². The molecular formula is C21H36O5. The zero-order valence-electron chi connectivity index (χ0n) is 16.5. The summed E-state index contributed by atoms with van der Waals surface area (Å²) in [6.07, 6.45) is 11.0. The average Bonchev–Trinajstić information content (AvgIpc) is 3.50. The number of ether oxygens (including phenoxy) is 3. The molecule has 5 nitrogen and oxygen atoms in total. The van der Waals surface area contributed by atoms with Crippen LogP contribution < -0.4 is 0 Å². The Morgan fingerprint density at radius 2 is 1.81 bits per heavy atom. The highest BCUT2D eigenvalue weighted by atomic mass is 16.6. The second kappa shape index (κ2) is 8.57. The first-order valence-corrected chi connectivity index (χ1v) is 10.6. The number of esters is 1. The van der Waals surface area contributed by atoms with E-state index in [0.29, 0.717) is 31.3 Å². The molecule has 5 unspecified atom stereocenters. The van der Waals surface area contributed by atoms with Gasteiger partial charge in [-0.2, -0.15) is 0 Å². The van der Waals surface area contributed by atoms with E-state index in [1.807, 2.05) is 0 Å². The lowest BCUT2D eigenvalue weighted by Gasteiger charge is -2.41. The van der Waals surface area contributed by atoms with Gasteiger partial charge in [0, 0.05) is 6.42 Å². The first-order chi connectivity index (χ1) is 12.4. The molecule has 2 saturated heterocycles. The number of rotatable bonds is 11. The van der Waals surface area contributed by atoms with Crippen LogP contribution in [0.3, 0.4) is 0 Å². The summed E-state index contributed by atoms with van der Waals surface area (Å²) in [6, 6.07) is 0. The Morgan fingerprint density at radius 3 is 2.46 bits per heavy atom. The second-order valence-electron chi connectivity index (χ2n) is 9.02. The minimum absolute atomic E-state index is 0.0627. The monoisotopic (exact) mass is 368 g/mol. The fraction of sp³-hybridized carbons (Fsp3) is 0.952. The minimum Gasteiger partial charge on any atom is -0.459 e. The van der Waals surface area contributed by atoms with E-state index < -0.39 is 11.7 Å². The Labute approximate surface area is 157 Å². The Morgan fingerprint density at radius 1 is 1.15 bits per heavy atom. The first kappa shape index (κ1) is 20.1. The van der Waals surface area contributed by atoms with E-state index in [1.165, 1.54) is 32.1 Å². The zero-order chi connectivity index (χ0) is 18.6. The van der Waals surface area contributed by atoms with Gasteiger partial charge >= 0.3 is 5.97 Å². The Kier molecular flexibility index (Phi) is 6.63. The van der Waals surface area contributed by atoms with Crippen LogP contribution in [0.4, 0.5) is 0 Å². The lowest BCUT2D eigenvalue weighted by molar-refractivity contribution is -0.173. The SMILES string of the molecule is CC1(O)CCC(C2(C)CO2)CC1OC(=O)CCCCCCCCC1CO1. The molecule has 26 heavy (non-hydrogen) atoms. The molecule has 1 aliphatic carbocycles. The third kappa shape index (κ3) is 5.93. The van der Waals surface area contributed by atoms with Gasteiger partial charge in [-0.15, -0.1) is 0 Å². The molecule has 3 aliphatic rings. The summed E-state index contributed by atoms with van der Waals surface area (Å²) in [7, 11) is 0. The summed E-state index contributed by atoms with van der Waals surface area (Å²) in [5, 5.41) is 10.6. The van der Waals surface area contributed by atoms with Crippen LogP contribution in [0.2, 0.25) is 0 Å². The van der Waals surface area contributed by atoms with Crippen LogP contribution in [0.25, 0.3) is 0 Å². The molecule has 0 amide bonds. The summed E-state index contributed by atoms with van der Waals surface area (Å²) >= 11 is 0. The van der Waals surface area contributed by atoms with Gasteiger partial charge in [-0.25, -0.2) is 0 Å². The van der Waals surface area contributed by atoms with Gasteiger partial charge in [0.05, 0.1) is 30.5 Å². The second-order valence-corrected chi connectivity index (χ2v) is 9.02. The minimum atomic E-state index is -0.914. The third-order valence-corrected chi connectivity index (χ3v) is 6.49. The molecule has 5 atom stereocenters. The van der Waals surface area contributed by atoms with Crippen LogP contribution in [0.1, 0.15) is 84.5 Å². The molecule has 150 valence electrons. The molecule has 0 aromatic heterocycles. The molecule has 0 radical (unpaired) electrons. The van der Waals surface area contributed by atoms with Gasteiger partial charge in [-0.05, 0) is 51.9 Å². The summed E-state index contributed by atoms with van der Waals surface area (Å²) in [4.78, 5) is 12.2. The molecule has 0 aromatic carbocycles. The van der Waals surface area contributed by atoms with Crippen molar-refractivity contribution in [2.75, 3.05) is 13.2 Å². The molecule has 1 saturated carbocycles. The van der Waals surface area contributed by atoms with Gasteiger partial charge in [0.15, 0.2) is 0 Å². The van der Waals surface area contributed by atoms with Crippen molar-refractivity contribution in [3.8, 4) is 0 Å². The average molecular weight is 369 g/mol. The van der Waals surface area contributed by atoms with E-state index in [4.69, 9.17) is 14.2 Å². The number of carbonyl (C=O) groups excluding carboxylic acids is 1. The predicted octanol–water partition coefficient (Wildman–Crippen LogP) is 3.76. The normalized spacial score (nSPS) is 38.8. The number of aliphatic hydroxyl groups is 1. The Bertz CT molecular complexity index is 467. The quantitative estimate of drug-likeness (QED) is 0.341. The van der Waals surface area contributed by atoms with Crippen molar-refractivity contribution in [1.29, 1.82) is 0 Å². The van der Waals surface area contributed by atoms with E-state index in [1.54, 1.807) is 6.92 Å². The van der Waals surface area contributed by atoms with Crippen molar-refractivity contribution in [2.24, 2.45) is 5.92 Å². The molecule has 3 rings (SSSR count). The van der Waals surface area contributed by atoms with E-state index in [2.05, 4.69) is 6.92 Å². The summed E-state index contributed by atoms with van der Waals surface area (Å²) in [5.74, 6) is 0.213. The third-order valence-electron chi connectivity index (χ3n) is 6.49. The summed E-state index contributed by atoms with van der Waals surface area (Å²) < 4.78 is 16.5. The van der Waals surface area contributed by atoms with Gasteiger partial charge in [0.25, 0.3) is 0 Å². The standard InChI is InChI=1S/C21H36O5/c1-20(23)12-11-16(21(2)15-25-21)13-18(20)26-19(22)10-8-6-4-3-5-7-9-17-14-24-17/h16-18,23H,3-15H2,1-2H3. The topological polar surface area (TPSA) is 71.6 Å². The number of epoxide rings is 2. The fourth-order valence-corrected chi connectivity index (χ4v) is 4.14. The summed E-state index contributed by atoms with van der Waals surface area (Å²) in [6.45, 7) is 5.66. The van der Waals surface area contributed by atoms with E-state index in [0.717, 1.165) is 32.5 Å². The molecule has 0 bridgehead atoms. The molecule has 3 fully saturated rings. The van der Waals surface area contributed by atoms with Crippen molar-refractivity contribution >= 4 is 5.97 Å². The lowest BCUT2D eigenvalue weighted by Crippen LogP contribution is -2.49. The van der Waals surface area contributed by atoms with E-state index in [9.17, 15) is 9.90 Å². The highest BCUT2D eigenvalue weighted by molar-refractivity contribution is 5.69.